The van der Waals surface area contributed by atoms with Crippen LogP contribution in [0.5, 0.6) is 0 Å². The number of esters is 1. The van der Waals surface area contributed by atoms with E-state index in [9.17, 15) is 13.2 Å². The monoisotopic (exact) mass is 559 g/mol. The first-order valence-corrected chi connectivity index (χ1v) is 18.3. The van der Waals surface area contributed by atoms with Crippen molar-refractivity contribution >= 4 is 41.8 Å². The number of thiazole rings is 1. The second-order valence-electron chi connectivity index (χ2n) is 12.1. The number of ether oxygens (including phenoxy) is 1. The van der Waals surface area contributed by atoms with Crippen LogP contribution >= 0.6 is 11.3 Å². The Hall–Kier alpha value is -1.07. The number of aryl methyl sites for hydroxylation is 1. The van der Waals surface area contributed by atoms with Gasteiger partial charge in [0.1, 0.15) is 6.10 Å². The highest BCUT2D eigenvalue weighted by atomic mass is 32.2. The zero-order valence-corrected chi connectivity index (χ0v) is 26.3. The summed E-state index contributed by atoms with van der Waals surface area (Å²) in [6.07, 6.45) is 3.94. The van der Waals surface area contributed by atoms with E-state index in [4.69, 9.17) is 13.3 Å². The third-order valence-corrected chi connectivity index (χ3v) is 13.5. The van der Waals surface area contributed by atoms with E-state index in [2.05, 4.69) is 45.8 Å². The summed E-state index contributed by atoms with van der Waals surface area (Å²) in [5.74, 6) is -0.0871. The minimum Gasteiger partial charge on any atom is -0.457 e. The van der Waals surface area contributed by atoms with Crippen LogP contribution in [0.1, 0.15) is 77.9 Å². The van der Waals surface area contributed by atoms with E-state index in [1.807, 2.05) is 25.3 Å². The Bertz CT molecular complexity index is 1040. The molecule has 2 rings (SSSR count). The third-order valence-electron chi connectivity index (χ3n) is 7.59. The minimum absolute atomic E-state index is 0.156. The molecule has 0 spiro atoms. The predicted octanol–water partition coefficient (Wildman–Crippen LogP) is 6.35. The van der Waals surface area contributed by atoms with E-state index in [-0.39, 0.29) is 11.5 Å². The molecular weight excluding hydrogens is 515 g/mol. The second-order valence-corrected chi connectivity index (χ2v) is 19.6. The number of aromatic nitrogens is 1. The molecule has 7 nitrogen and oxygen atoms in total. The molecule has 1 aliphatic heterocycles. The molecule has 0 aliphatic carbocycles. The first-order valence-electron chi connectivity index (χ1n) is 12.7. The van der Waals surface area contributed by atoms with Gasteiger partial charge in [0.25, 0.3) is 10.1 Å². The average molecular weight is 560 g/mol. The van der Waals surface area contributed by atoms with Crippen molar-refractivity contribution < 1.29 is 26.6 Å². The number of nitrogens with zero attached hydrogens (tertiary/aromatic N) is 1. The van der Waals surface area contributed by atoms with Gasteiger partial charge in [-0.3, -0.25) is 8.98 Å². The molecule has 36 heavy (non-hydrogen) atoms. The highest BCUT2D eigenvalue weighted by Gasteiger charge is 2.50. The average Bonchev–Trinajstić information content (AvgIpc) is 3.12. The SMILES string of the molecule is C/C(=C\c1csc(C)n1)[C@@H]1C[C@H](OS(C)(=O)=O)[C@](C)(CCC[C@H](C)CO[Si](C)(C)C(C)(C)C)C(=O)O1. The molecule has 1 aliphatic rings. The summed E-state index contributed by atoms with van der Waals surface area (Å²) in [6, 6.07) is 0. The van der Waals surface area contributed by atoms with Crippen molar-refractivity contribution in [1.82, 2.24) is 4.98 Å². The zero-order valence-electron chi connectivity index (χ0n) is 23.6. The molecule has 10 heteroatoms. The molecule has 0 saturated carbocycles. The van der Waals surface area contributed by atoms with Gasteiger partial charge in [-0.25, -0.2) is 4.98 Å². The van der Waals surface area contributed by atoms with Crippen molar-refractivity contribution in [3.8, 4) is 0 Å². The van der Waals surface area contributed by atoms with Crippen LogP contribution in [0.15, 0.2) is 11.0 Å². The van der Waals surface area contributed by atoms with Gasteiger partial charge in [-0.05, 0) is 69.3 Å². The van der Waals surface area contributed by atoms with E-state index < -0.39 is 42.0 Å². The van der Waals surface area contributed by atoms with Gasteiger partial charge in [0, 0.05) is 18.4 Å². The fraction of sp³-hybridized carbons (Fsp3) is 0.769. The lowest BCUT2D eigenvalue weighted by molar-refractivity contribution is -0.178. The fourth-order valence-electron chi connectivity index (χ4n) is 4.04. The molecule has 206 valence electrons. The van der Waals surface area contributed by atoms with Crippen molar-refractivity contribution in [3.63, 3.8) is 0 Å². The Labute approximate surface area is 223 Å². The van der Waals surface area contributed by atoms with Gasteiger partial charge in [0.15, 0.2) is 8.32 Å². The first kappa shape index (κ1) is 31.1. The molecule has 0 unspecified atom stereocenters. The number of carbonyl (C=O) groups is 1. The molecule has 1 aromatic heterocycles. The van der Waals surface area contributed by atoms with Gasteiger partial charge in [-0.15, -0.1) is 11.3 Å². The standard InChI is InChI=1S/C26H45NO6S2Si/c1-18(16-31-36(9,10)25(4,5)6)12-11-13-26(7)23(33-35(8,29)30)15-22(32-24(26)28)19(2)14-21-17-34-20(3)27-21/h14,17-18,22-23H,11-13,15-16H2,1-10H3/b19-14+/t18-,22-,23-,26-/m0/s1. The maximum absolute atomic E-state index is 13.3. The quantitative estimate of drug-likeness (QED) is 0.177. The lowest BCUT2D eigenvalue weighted by atomic mass is 9.74. The number of cyclic esters (lactones) is 1. The molecule has 0 bridgehead atoms. The van der Waals surface area contributed by atoms with E-state index in [0.29, 0.717) is 18.9 Å². The number of rotatable bonds is 11. The molecule has 1 aromatic rings. The summed E-state index contributed by atoms with van der Waals surface area (Å²) in [6.45, 7) is 19.6. The summed E-state index contributed by atoms with van der Waals surface area (Å²) >= 11 is 1.54. The lowest BCUT2D eigenvalue weighted by Gasteiger charge is -2.42. The third kappa shape index (κ3) is 8.48. The molecule has 1 saturated heterocycles. The van der Waals surface area contributed by atoms with Crippen LogP contribution in [0, 0.1) is 18.3 Å². The normalized spacial score (nSPS) is 25.1. The van der Waals surface area contributed by atoms with E-state index in [1.165, 1.54) is 0 Å². The number of hydrogen-bond acceptors (Lipinski definition) is 8. The van der Waals surface area contributed by atoms with Crippen LogP contribution in [0.4, 0.5) is 0 Å². The van der Waals surface area contributed by atoms with Gasteiger partial charge < -0.3 is 9.16 Å². The molecule has 0 N–H and O–H groups in total. The molecule has 1 fully saturated rings. The Morgan fingerprint density at radius 3 is 2.56 bits per heavy atom. The lowest BCUT2D eigenvalue weighted by Crippen LogP contribution is -2.51. The summed E-state index contributed by atoms with van der Waals surface area (Å²) in [7, 11) is -5.57. The van der Waals surface area contributed by atoms with Gasteiger partial charge in [0.05, 0.1) is 28.5 Å². The maximum Gasteiger partial charge on any atom is 0.315 e. The van der Waals surface area contributed by atoms with Crippen LogP contribution < -0.4 is 0 Å². The second kappa shape index (κ2) is 11.8. The summed E-state index contributed by atoms with van der Waals surface area (Å²) in [4.78, 5) is 17.7. The maximum atomic E-state index is 13.3. The van der Waals surface area contributed by atoms with Gasteiger partial charge in [-0.1, -0.05) is 34.1 Å². The zero-order chi connectivity index (χ0) is 27.5. The smallest absolute Gasteiger partial charge is 0.315 e. The van der Waals surface area contributed by atoms with Crippen molar-refractivity contribution in [1.29, 1.82) is 0 Å². The molecule has 2 heterocycles. The Morgan fingerprint density at radius 1 is 1.39 bits per heavy atom. The van der Waals surface area contributed by atoms with E-state index in [0.717, 1.165) is 35.4 Å². The molecule has 4 atom stereocenters. The van der Waals surface area contributed by atoms with Crippen molar-refractivity contribution in [3.05, 3.63) is 21.7 Å². The minimum atomic E-state index is -3.76. The Balaban J connectivity index is 2.08. The number of carbonyl (C=O) groups excluding carboxylic acids is 1. The van der Waals surface area contributed by atoms with E-state index in [1.54, 1.807) is 18.3 Å². The van der Waals surface area contributed by atoms with Gasteiger partial charge in [0.2, 0.25) is 0 Å². The van der Waals surface area contributed by atoms with Crippen LogP contribution in [0.2, 0.25) is 18.1 Å². The van der Waals surface area contributed by atoms with Gasteiger partial charge >= 0.3 is 5.97 Å². The summed E-state index contributed by atoms with van der Waals surface area (Å²) in [5, 5.41) is 3.04. The van der Waals surface area contributed by atoms with Crippen LogP contribution in [0.3, 0.4) is 0 Å². The van der Waals surface area contributed by atoms with Crippen LogP contribution in [-0.2, 0) is 28.3 Å². The first-order chi connectivity index (χ1) is 16.3. The highest BCUT2D eigenvalue weighted by molar-refractivity contribution is 7.86. The van der Waals surface area contributed by atoms with Crippen molar-refractivity contribution in [2.75, 3.05) is 12.9 Å². The predicted molar refractivity (Wildman–Crippen MR) is 149 cm³/mol. The molecule has 0 aromatic carbocycles. The number of hydrogen-bond donors (Lipinski definition) is 0. The van der Waals surface area contributed by atoms with Crippen molar-refractivity contribution in [2.45, 2.75) is 104 Å². The summed E-state index contributed by atoms with van der Waals surface area (Å²) in [5.41, 5.74) is 0.569. The highest BCUT2D eigenvalue weighted by Crippen LogP contribution is 2.42. The fourth-order valence-corrected chi connectivity index (χ4v) is 6.45. The topological polar surface area (TPSA) is 91.8 Å². The van der Waals surface area contributed by atoms with Crippen LogP contribution in [0.25, 0.3) is 6.08 Å². The van der Waals surface area contributed by atoms with Gasteiger partial charge in [-0.2, -0.15) is 8.42 Å². The molecule has 0 amide bonds. The Kier molecular flexibility index (Phi) is 10.2. The molecule has 0 radical (unpaired) electrons. The largest absolute Gasteiger partial charge is 0.457 e. The van der Waals surface area contributed by atoms with Crippen LogP contribution in [-0.4, -0.2) is 52.8 Å². The molecular formula is C26H45NO6S2Si. The summed E-state index contributed by atoms with van der Waals surface area (Å²) < 4.78 is 41.9. The van der Waals surface area contributed by atoms with Crippen molar-refractivity contribution in [2.24, 2.45) is 11.3 Å². The van der Waals surface area contributed by atoms with E-state index >= 15 is 0 Å². The Morgan fingerprint density at radius 2 is 2.03 bits per heavy atom.